The van der Waals surface area contributed by atoms with Crippen molar-refractivity contribution in [3.63, 3.8) is 0 Å². The molecule has 2 rings (SSSR count). The number of benzene rings is 1. The first-order chi connectivity index (χ1) is 6.72. The molecule has 0 fully saturated rings. The zero-order valence-corrected chi connectivity index (χ0v) is 8.96. The number of nitrogens with one attached hydrogen (secondary N) is 1. The van der Waals surface area contributed by atoms with E-state index in [2.05, 4.69) is 43.1 Å². The summed E-state index contributed by atoms with van der Waals surface area (Å²) in [5.74, 6) is 0.581. The predicted molar refractivity (Wildman–Crippen MR) is 61.7 cm³/mol. The van der Waals surface area contributed by atoms with E-state index in [0.29, 0.717) is 5.92 Å². The fourth-order valence-electron chi connectivity index (χ4n) is 1.90. The van der Waals surface area contributed by atoms with Crippen LogP contribution in [0.5, 0.6) is 0 Å². The molecular weight excluding hydrogens is 172 g/mol. The third-order valence-electron chi connectivity index (χ3n) is 2.70. The lowest BCUT2D eigenvalue weighted by atomic mass is 9.94. The number of aryl methyl sites for hydroxylation is 1. The summed E-state index contributed by atoms with van der Waals surface area (Å²) < 4.78 is 0. The number of fused-ring (bicyclic) bond motifs is 1. The minimum absolute atomic E-state index is 0. The molecule has 1 aromatic carbocycles. The molecular formula is C12H18N2. The molecule has 0 aliphatic carbocycles. The Kier molecular flexibility index (Phi) is 2.28. The zero-order chi connectivity index (χ0) is 10.1. The summed E-state index contributed by atoms with van der Waals surface area (Å²) >= 11 is 0. The van der Waals surface area contributed by atoms with Crippen molar-refractivity contribution < 1.29 is 1.43 Å². The molecule has 0 radical (unpaired) electrons. The van der Waals surface area contributed by atoms with Gasteiger partial charge in [0.15, 0.2) is 0 Å². The van der Waals surface area contributed by atoms with Gasteiger partial charge in [-0.2, -0.15) is 5.10 Å². The number of rotatable bonds is 2. The molecule has 2 nitrogen and oxygen atoms in total. The quantitative estimate of drug-likeness (QED) is 0.771. The smallest absolute Gasteiger partial charge is 0.0653 e. The average Bonchev–Trinajstić information content (AvgIpc) is 2.62. The molecule has 1 aromatic heterocycles. The second-order valence-corrected chi connectivity index (χ2v) is 4.02. The summed E-state index contributed by atoms with van der Waals surface area (Å²) in [6.07, 6.45) is 2.98. The third-order valence-corrected chi connectivity index (χ3v) is 2.70. The van der Waals surface area contributed by atoms with E-state index >= 15 is 0 Å². The maximum absolute atomic E-state index is 4.05. The van der Waals surface area contributed by atoms with Crippen LogP contribution in [0.2, 0.25) is 0 Å². The topological polar surface area (TPSA) is 28.7 Å². The second kappa shape index (κ2) is 3.45. The fraction of sp³-hybridized carbons (Fsp3) is 0.417. The molecule has 0 saturated heterocycles. The van der Waals surface area contributed by atoms with Crippen molar-refractivity contribution in [1.82, 2.24) is 10.2 Å². The van der Waals surface area contributed by atoms with E-state index in [1.807, 2.05) is 6.20 Å². The minimum atomic E-state index is 0. The van der Waals surface area contributed by atoms with Crippen LogP contribution in [0.3, 0.4) is 0 Å². The van der Waals surface area contributed by atoms with Gasteiger partial charge >= 0.3 is 0 Å². The first kappa shape index (κ1) is 9.25. The maximum Gasteiger partial charge on any atom is 0.0653 e. The van der Waals surface area contributed by atoms with Gasteiger partial charge in [0.1, 0.15) is 0 Å². The van der Waals surface area contributed by atoms with Crippen LogP contribution in [-0.4, -0.2) is 10.2 Å². The average molecular weight is 190 g/mol. The Balaban J connectivity index is 0.00000112. The first-order valence-electron chi connectivity index (χ1n) is 5.18. The van der Waals surface area contributed by atoms with E-state index in [0.717, 1.165) is 11.9 Å². The van der Waals surface area contributed by atoms with Gasteiger partial charge < -0.3 is 0 Å². The lowest BCUT2D eigenvalue weighted by molar-refractivity contribution is 0.846. The molecule has 0 bridgehead atoms. The molecule has 0 aliphatic rings. The van der Waals surface area contributed by atoms with E-state index in [9.17, 15) is 0 Å². The van der Waals surface area contributed by atoms with E-state index in [1.165, 1.54) is 16.5 Å². The summed E-state index contributed by atoms with van der Waals surface area (Å²) in [4.78, 5) is 0. The molecule has 76 valence electrons. The molecule has 14 heavy (non-hydrogen) atoms. The number of hydrogen-bond acceptors (Lipinski definition) is 1. The highest BCUT2D eigenvalue weighted by atomic mass is 15.1. The Labute approximate surface area is 85.8 Å². The second-order valence-electron chi connectivity index (χ2n) is 4.02. The van der Waals surface area contributed by atoms with E-state index in [-0.39, 0.29) is 1.43 Å². The Morgan fingerprint density at radius 1 is 1.43 bits per heavy atom. The normalized spacial score (nSPS) is 11.4. The Bertz CT molecular complexity index is 446. The van der Waals surface area contributed by atoms with Gasteiger partial charge in [-0.1, -0.05) is 20.8 Å². The van der Waals surface area contributed by atoms with Crippen LogP contribution in [-0.2, 0) is 6.42 Å². The molecule has 0 saturated carbocycles. The number of nitrogens with zero attached hydrogens (tertiary/aromatic N) is 1. The van der Waals surface area contributed by atoms with Crippen molar-refractivity contribution >= 4 is 10.9 Å². The fourth-order valence-corrected chi connectivity index (χ4v) is 1.90. The van der Waals surface area contributed by atoms with Crippen LogP contribution in [0.1, 0.15) is 39.2 Å². The number of aromatic nitrogens is 2. The van der Waals surface area contributed by atoms with Crippen LogP contribution < -0.4 is 0 Å². The van der Waals surface area contributed by atoms with E-state index in [1.54, 1.807) is 0 Å². The van der Waals surface area contributed by atoms with Gasteiger partial charge in [0.05, 0.1) is 11.7 Å². The van der Waals surface area contributed by atoms with Gasteiger partial charge in [-0.25, -0.2) is 0 Å². The Hall–Kier alpha value is -1.31. The molecule has 2 aromatic rings. The molecule has 0 amide bonds. The van der Waals surface area contributed by atoms with E-state index < -0.39 is 0 Å². The molecule has 0 spiro atoms. The highest BCUT2D eigenvalue weighted by Crippen LogP contribution is 2.24. The zero-order valence-electron chi connectivity index (χ0n) is 8.96. The van der Waals surface area contributed by atoms with Crippen molar-refractivity contribution in [2.24, 2.45) is 0 Å². The van der Waals surface area contributed by atoms with Crippen molar-refractivity contribution in [2.45, 2.75) is 33.1 Å². The van der Waals surface area contributed by atoms with Crippen molar-refractivity contribution in [3.8, 4) is 0 Å². The third kappa shape index (κ3) is 1.41. The Morgan fingerprint density at radius 3 is 2.86 bits per heavy atom. The maximum atomic E-state index is 4.05. The summed E-state index contributed by atoms with van der Waals surface area (Å²) in [7, 11) is 0. The molecule has 1 heterocycles. The molecule has 1 N–H and O–H groups in total. The number of hydrogen-bond donors (Lipinski definition) is 1. The van der Waals surface area contributed by atoms with Crippen LogP contribution in [0.15, 0.2) is 18.3 Å². The van der Waals surface area contributed by atoms with Gasteiger partial charge in [-0.3, -0.25) is 5.10 Å². The largest absolute Gasteiger partial charge is 0.278 e. The first-order valence-corrected chi connectivity index (χ1v) is 5.18. The predicted octanol–water partition coefficient (Wildman–Crippen LogP) is 3.49. The van der Waals surface area contributed by atoms with E-state index in [4.69, 9.17) is 0 Å². The highest BCUT2D eigenvalue weighted by Gasteiger charge is 2.07. The van der Waals surface area contributed by atoms with Gasteiger partial charge in [0, 0.05) is 6.81 Å². The monoisotopic (exact) mass is 190 g/mol. The summed E-state index contributed by atoms with van der Waals surface area (Å²) in [6, 6.07) is 4.47. The summed E-state index contributed by atoms with van der Waals surface area (Å²) in [5, 5.41) is 8.28. The van der Waals surface area contributed by atoms with Crippen molar-refractivity contribution in [1.29, 1.82) is 0 Å². The SMILES string of the molecule is CCc1cc2cn[nH]c2cc1C(C)C.[HH]. The number of aromatic amines is 1. The Morgan fingerprint density at radius 2 is 2.21 bits per heavy atom. The van der Waals surface area contributed by atoms with Crippen molar-refractivity contribution in [3.05, 3.63) is 29.5 Å². The summed E-state index contributed by atoms with van der Waals surface area (Å²) in [5.41, 5.74) is 4.02. The number of H-pyrrole nitrogens is 1. The van der Waals surface area contributed by atoms with Crippen LogP contribution in [0.25, 0.3) is 10.9 Å². The van der Waals surface area contributed by atoms with Gasteiger partial charge in [-0.05, 0) is 35.6 Å². The van der Waals surface area contributed by atoms with Gasteiger partial charge in [0.2, 0.25) is 0 Å². The van der Waals surface area contributed by atoms with Crippen molar-refractivity contribution in [2.75, 3.05) is 0 Å². The van der Waals surface area contributed by atoms with Crippen LogP contribution >= 0.6 is 0 Å². The molecule has 0 atom stereocenters. The standard InChI is InChI=1S/C12H16N2.H2/c1-4-9-5-10-7-13-14-12(10)6-11(9)8(2)3;/h5-8H,4H2,1-3H3,(H,13,14);1H. The molecule has 0 aliphatic heterocycles. The lowest BCUT2D eigenvalue weighted by Gasteiger charge is -2.11. The van der Waals surface area contributed by atoms with Gasteiger partial charge in [-0.15, -0.1) is 0 Å². The van der Waals surface area contributed by atoms with Gasteiger partial charge in [0.25, 0.3) is 0 Å². The lowest BCUT2D eigenvalue weighted by Crippen LogP contribution is -1.94. The highest BCUT2D eigenvalue weighted by molar-refractivity contribution is 5.79. The molecule has 0 unspecified atom stereocenters. The summed E-state index contributed by atoms with van der Waals surface area (Å²) in [6.45, 7) is 6.67. The van der Waals surface area contributed by atoms with Crippen LogP contribution in [0.4, 0.5) is 0 Å². The minimum Gasteiger partial charge on any atom is -0.278 e. The van der Waals surface area contributed by atoms with Crippen LogP contribution in [0, 0.1) is 0 Å². The molecule has 2 heteroatoms.